The third kappa shape index (κ3) is 2.62. The van der Waals surface area contributed by atoms with E-state index < -0.39 is 0 Å². The zero-order chi connectivity index (χ0) is 15.0. The molecule has 0 unspecified atom stereocenters. The molecule has 0 N–H and O–H groups in total. The third-order valence-corrected chi connectivity index (χ3v) is 4.92. The fourth-order valence-corrected chi connectivity index (χ4v) is 3.53. The van der Waals surface area contributed by atoms with Gasteiger partial charge in [-0.05, 0) is 34.8 Å². The minimum absolute atomic E-state index is 0.0961. The number of aromatic nitrogens is 4. The van der Waals surface area contributed by atoms with Crippen LogP contribution < -0.4 is 10.5 Å². The molecular weight excluding hydrogens is 334 g/mol. The maximum absolute atomic E-state index is 11.9. The maximum atomic E-state index is 11.9. The summed E-state index contributed by atoms with van der Waals surface area (Å²) in [7, 11) is 3.65. The smallest absolute Gasteiger partial charge is 0.282 e. The fraction of sp³-hybridized carbons (Fsp3) is 0.500. The van der Waals surface area contributed by atoms with Crippen LogP contribution in [0.25, 0.3) is 0 Å². The van der Waals surface area contributed by atoms with Crippen molar-refractivity contribution in [2.24, 2.45) is 14.1 Å². The first-order valence-corrected chi connectivity index (χ1v) is 7.82. The summed E-state index contributed by atoms with van der Waals surface area (Å²) in [6.45, 7) is 1.84. The number of hydrogen-bond donors (Lipinski definition) is 0. The number of piperidine rings is 1. The quantitative estimate of drug-likeness (QED) is 0.825. The summed E-state index contributed by atoms with van der Waals surface area (Å²) in [5.41, 5.74) is 2.08. The lowest BCUT2D eigenvalue weighted by Gasteiger charge is -2.33. The van der Waals surface area contributed by atoms with Gasteiger partial charge in [-0.3, -0.25) is 9.48 Å². The molecule has 1 aliphatic rings. The molecule has 7 heteroatoms. The molecule has 6 nitrogen and oxygen atoms in total. The van der Waals surface area contributed by atoms with Crippen molar-refractivity contribution < 1.29 is 0 Å². The van der Waals surface area contributed by atoms with Crippen LogP contribution in [-0.2, 0) is 14.1 Å². The minimum Gasteiger partial charge on any atom is -0.369 e. The lowest BCUT2D eigenvalue weighted by Crippen LogP contribution is -2.35. The lowest BCUT2D eigenvalue weighted by molar-refractivity contribution is 0.476. The summed E-state index contributed by atoms with van der Waals surface area (Å²) in [6.07, 6.45) is 5.72. The highest BCUT2D eigenvalue weighted by atomic mass is 79.9. The topological polar surface area (TPSA) is 56.0 Å². The van der Waals surface area contributed by atoms with Crippen LogP contribution in [0.2, 0.25) is 0 Å². The normalized spacial score (nSPS) is 16.4. The van der Waals surface area contributed by atoms with Crippen LogP contribution in [0.5, 0.6) is 0 Å². The van der Waals surface area contributed by atoms with Crippen LogP contribution in [0.1, 0.15) is 24.5 Å². The standard InChI is InChI=1S/C14H18BrN5O/c1-18-11(3-6-16-18)10-4-7-20(8-5-10)12-9-17-19(2)14(21)13(12)15/h3,6,9-10H,4-5,7-8H2,1-2H3. The van der Waals surface area contributed by atoms with Gasteiger partial charge in [0.2, 0.25) is 0 Å². The summed E-state index contributed by atoms with van der Waals surface area (Å²) in [6, 6.07) is 2.09. The van der Waals surface area contributed by atoms with Gasteiger partial charge in [-0.15, -0.1) is 0 Å². The number of nitrogens with zero attached hydrogens (tertiary/aromatic N) is 5. The number of hydrogen-bond acceptors (Lipinski definition) is 4. The molecule has 0 aromatic carbocycles. The number of aryl methyl sites for hydroxylation is 2. The number of rotatable bonds is 2. The first-order valence-electron chi connectivity index (χ1n) is 7.02. The summed E-state index contributed by atoms with van der Waals surface area (Å²) in [5.74, 6) is 0.534. The molecule has 1 aliphatic heterocycles. The molecule has 2 aromatic rings. The predicted octanol–water partition coefficient (Wildman–Crippen LogP) is 1.66. The van der Waals surface area contributed by atoms with E-state index in [4.69, 9.17) is 0 Å². The van der Waals surface area contributed by atoms with E-state index in [9.17, 15) is 4.79 Å². The van der Waals surface area contributed by atoms with Crippen LogP contribution >= 0.6 is 15.9 Å². The van der Waals surface area contributed by atoms with Gasteiger partial charge in [-0.1, -0.05) is 0 Å². The molecule has 0 amide bonds. The van der Waals surface area contributed by atoms with E-state index in [1.54, 1.807) is 13.2 Å². The highest BCUT2D eigenvalue weighted by Crippen LogP contribution is 2.31. The number of anilines is 1. The van der Waals surface area contributed by atoms with Gasteiger partial charge < -0.3 is 4.90 Å². The molecule has 1 fully saturated rings. The molecule has 0 atom stereocenters. The Balaban J connectivity index is 1.76. The fourth-order valence-electron chi connectivity index (χ4n) is 2.92. The second-order valence-corrected chi connectivity index (χ2v) is 6.21. The van der Waals surface area contributed by atoms with Crippen molar-refractivity contribution in [2.45, 2.75) is 18.8 Å². The first kappa shape index (κ1) is 14.3. The summed E-state index contributed by atoms with van der Waals surface area (Å²) in [5, 5.41) is 8.36. The molecule has 21 heavy (non-hydrogen) atoms. The largest absolute Gasteiger partial charge is 0.369 e. The molecular formula is C14H18BrN5O. The second-order valence-electron chi connectivity index (χ2n) is 5.41. The monoisotopic (exact) mass is 351 g/mol. The van der Waals surface area contributed by atoms with E-state index in [2.05, 4.69) is 37.1 Å². The predicted molar refractivity (Wildman–Crippen MR) is 84.6 cm³/mol. The van der Waals surface area contributed by atoms with Crippen molar-refractivity contribution in [1.29, 1.82) is 0 Å². The van der Waals surface area contributed by atoms with E-state index in [0.717, 1.165) is 31.6 Å². The molecule has 2 aromatic heterocycles. The van der Waals surface area contributed by atoms with Crippen molar-refractivity contribution in [3.8, 4) is 0 Å². The maximum Gasteiger partial charge on any atom is 0.282 e. The molecule has 1 saturated heterocycles. The van der Waals surface area contributed by atoms with E-state index >= 15 is 0 Å². The van der Waals surface area contributed by atoms with Gasteiger partial charge >= 0.3 is 0 Å². The van der Waals surface area contributed by atoms with E-state index in [1.165, 1.54) is 10.4 Å². The molecule has 0 radical (unpaired) electrons. The second kappa shape index (κ2) is 5.63. The van der Waals surface area contributed by atoms with Gasteiger partial charge in [0.05, 0.1) is 11.9 Å². The van der Waals surface area contributed by atoms with Gasteiger partial charge in [0.15, 0.2) is 0 Å². The van der Waals surface area contributed by atoms with Crippen LogP contribution in [0.3, 0.4) is 0 Å². The van der Waals surface area contributed by atoms with Crippen LogP contribution in [0.15, 0.2) is 27.7 Å². The first-order chi connectivity index (χ1) is 10.1. The Morgan fingerprint density at radius 1 is 1.19 bits per heavy atom. The molecule has 0 bridgehead atoms. The zero-order valence-corrected chi connectivity index (χ0v) is 13.7. The van der Waals surface area contributed by atoms with Crippen molar-refractivity contribution >= 4 is 21.6 Å². The Hall–Kier alpha value is -1.63. The van der Waals surface area contributed by atoms with E-state index in [0.29, 0.717) is 10.4 Å². The lowest BCUT2D eigenvalue weighted by atomic mass is 9.93. The Morgan fingerprint density at radius 3 is 2.52 bits per heavy atom. The highest BCUT2D eigenvalue weighted by Gasteiger charge is 2.24. The van der Waals surface area contributed by atoms with Crippen molar-refractivity contribution in [1.82, 2.24) is 19.6 Å². The molecule has 0 spiro atoms. The molecule has 112 valence electrons. The molecule has 3 rings (SSSR count). The summed E-state index contributed by atoms with van der Waals surface area (Å²) >= 11 is 3.40. The van der Waals surface area contributed by atoms with Gasteiger partial charge in [-0.2, -0.15) is 10.2 Å². The van der Waals surface area contributed by atoms with E-state index in [1.807, 2.05) is 17.9 Å². The third-order valence-electron chi connectivity index (χ3n) is 4.17. The summed E-state index contributed by atoms with van der Waals surface area (Å²) in [4.78, 5) is 14.2. The zero-order valence-electron chi connectivity index (χ0n) is 12.2. The average molecular weight is 352 g/mol. The Labute approximate surface area is 131 Å². The highest BCUT2D eigenvalue weighted by molar-refractivity contribution is 9.10. The Bertz CT molecular complexity index is 700. The molecule has 0 aliphatic carbocycles. The van der Waals surface area contributed by atoms with Gasteiger partial charge in [0.1, 0.15) is 4.47 Å². The van der Waals surface area contributed by atoms with Crippen molar-refractivity contribution in [3.05, 3.63) is 39.0 Å². The van der Waals surface area contributed by atoms with Gasteiger partial charge in [-0.25, -0.2) is 4.68 Å². The summed E-state index contributed by atoms with van der Waals surface area (Å²) < 4.78 is 3.89. The number of halogens is 1. The van der Waals surface area contributed by atoms with Crippen molar-refractivity contribution in [3.63, 3.8) is 0 Å². The van der Waals surface area contributed by atoms with Crippen LogP contribution in [0.4, 0.5) is 5.69 Å². The van der Waals surface area contributed by atoms with Gasteiger partial charge in [0.25, 0.3) is 5.56 Å². The molecule has 0 saturated carbocycles. The van der Waals surface area contributed by atoms with E-state index in [-0.39, 0.29) is 5.56 Å². The Morgan fingerprint density at radius 2 is 1.90 bits per heavy atom. The van der Waals surface area contributed by atoms with Crippen molar-refractivity contribution in [2.75, 3.05) is 18.0 Å². The SMILES string of the molecule is Cn1nccc1C1CCN(c2cnn(C)c(=O)c2Br)CC1. The Kier molecular flexibility index (Phi) is 3.84. The van der Waals surface area contributed by atoms with Gasteiger partial charge in [0, 0.05) is 45.0 Å². The van der Waals surface area contributed by atoms with Crippen LogP contribution in [-0.4, -0.2) is 32.7 Å². The van der Waals surface area contributed by atoms with Crippen LogP contribution in [0, 0.1) is 0 Å². The molecule has 3 heterocycles. The average Bonchev–Trinajstić information content (AvgIpc) is 2.91. The minimum atomic E-state index is -0.0961.